The first-order chi connectivity index (χ1) is 11.9. The molecule has 2 aromatic carbocycles. The molecule has 0 radical (unpaired) electrons. The van der Waals surface area contributed by atoms with Gasteiger partial charge in [-0.05, 0) is 25.5 Å². The summed E-state index contributed by atoms with van der Waals surface area (Å²) in [6, 6.07) is 11.8. The smallest absolute Gasteiger partial charge is 0.311 e. The lowest BCUT2D eigenvalue weighted by molar-refractivity contribution is -0.385. The Bertz CT molecular complexity index is 759. The van der Waals surface area contributed by atoms with Gasteiger partial charge in [0, 0.05) is 12.1 Å². The molecule has 0 aliphatic carbocycles. The number of methoxy groups -OCH3 is 1. The molecule has 1 atom stereocenters. The molecule has 1 N–H and O–H groups in total. The van der Waals surface area contributed by atoms with Gasteiger partial charge in [0.05, 0.1) is 18.1 Å². The van der Waals surface area contributed by atoms with Crippen LogP contribution in [0.25, 0.3) is 0 Å². The molecule has 7 heteroatoms. The fraction of sp³-hybridized carbons (Fsp3) is 0.278. The lowest BCUT2D eigenvalue weighted by atomic mass is 10.1. The van der Waals surface area contributed by atoms with Crippen molar-refractivity contribution < 1.29 is 19.2 Å². The zero-order valence-electron chi connectivity index (χ0n) is 14.3. The van der Waals surface area contributed by atoms with Crippen molar-refractivity contribution in [2.75, 3.05) is 13.7 Å². The van der Waals surface area contributed by atoms with E-state index < -0.39 is 4.92 Å². The van der Waals surface area contributed by atoms with Crippen LogP contribution >= 0.6 is 0 Å². The number of nitrogens with one attached hydrogen (secondary N) is 1. The van der Waals surface area contributed by atoms with Gasteiger partial charge in [-0.3, -0.25) is 14.9 Å². The topological polar surface area (TPSA) is 90.7 Å². The fourth-order valence-electron chi connectivity index (χ4n) is 2.27. The Morgan fingerprint density at radius 1 is 1.24 bits per heavy atom. The average Bonchev–Trinajstić information content (AvgIpc) is 2.60. The van der Waals surface area contributed by atoms with Crippen molar-refractivity contribution in [3.05, 3.63) is 63.7 Å². The Balaban J connectivity index is 1.93. The second-order valence-corrected chi connectivity index (χ2v) is 5.58. The van der Waals surface area contributed by atoms with Crippen molar-refractivity contribution in [1.29, 1.82) is 0 Å². The molecule has 0 saturated carbocycles. The molecular formula is C18H20N2O5. The summed E-state index contributed by atoms with van der Waals surface area (Å²) in [4.78, 5) is 22.3. The number of hydrogen-bond donors (Lipinski definition) is 1. The Kier molecular flexibility index (Phi) is 5.94. The number of carbonyl (C=O) groups excluding carboxylic acids is 1. The molecule has 0 fully saturated rings. The van der Waals surface area contributed by atoms with Crippen molar-refractivity contribution in [2.24, 2.45) is 0 Å². The molecule has 0 aliphatic heterocycles. The normalized spacial score (nSPS) is 11.5. The summed E-state index contributed by atoms with van der Waals surface area (Å²) in [6.45, 7) is 3.69. The number of amides is 1. The van der Waals surface area contributed by atoms with Crippen LogP contribution in [0.5, 0.6) is 11.5 Å². The number of hydrogen-bond acceptors (Lipinski definition) is 5. The summed E-state index contributed by atoms with van der Waals surface area (Å²) in [5.74, 6) is 0.113. The molecular weight excluding hydrogens is 324 g/mol. The van der Waals surface area contributed by atoms with Gasteiger partial charge >= 0.3 is 5.69 Å². The molecule has 2 rings (SSSR count). The number of rotatable bonds is 7. The molecule has 0 bridgehead atoms. The third-order valence-electron chi connectivity index (χ3n) is 3.67. The summed E-state index contributed by atoms with van der Waals surface area (Å²) in [5.41, 5.74) is 1.99. The number of benzene rings is 2. The molecule has 0 spiro atoms. The minimum Gasteiger partial charge on any atom is -0.490 e. The molecule has 25 heavy (non-hydrogen) atoms. The van der Waals surface area contributed by atoms with Crippen molar-refractivity contribution in [2.45, 2.75) is 19.9 Å². The van der Waals surface area contributed by atoms with Crippen LogP contribution in [0, 0.1) is 17.0 Å². The Morgan fingerprint density at radius 2 is 1.92 bits per heavy atom. The van der Waals surface area contributed by atoms with E-state index in [0.29, 0.717) is 5.75 Å². The van der Waals surface area contributed by atoms with Gasteiger partial charge in [0.1, 0.15) is 5.75 Å². The largest absolute Gasteiger partial charge is 0.490 e. The third kappa shape index (κ3) is 4.94. The van der Waals surface area contributed by atoms with E-state index in [1.54, 1.807) is 0 Å². The van der Waals surface area contributed by atoms with E-state index >= 15 is 0 Å². The van der Waals surface area contributed by atoms with E-state index in [0.717, 1.165) is 11.1 Å². The standard InChI is InChI=1S/C18H20N2O5/c1-12-4-6-14(7-5-12)13(2)19-18(21)11-25-15-8-9-16(20(22)23)17(10-15)24-3/h4-10,13H,11H2,1-3H3,(H,19,21). The zero-order chi connectivity index (χ0) is 18.4. The first kappa shape index (κ1) is 18.3. The van der Waals surface area contributed by atoms with Crippen molar-refractivity contribution in [1.82, 2.24) is 5.32 Å². The molecule has 0 saturated heterocycles. The molecule has 0 aliphatic rings. The van der Waals surface area contributed by atoms with E-state index in [2.05, 4.69) is 5.32 Å². The quantitative estimate of drug-likeness (QED) is 0.615. The van der Waals surface area contributed by atoms with Crippen LogP contribution in [0.3, 0.4) is 0 Å². The van der Waals surface area contributed by atoms with Crippen LogP contribution in [0.2, 0.25) is 0 Å². The van der Waals surface area contributed by atoms with Crippen LogP contribution in [0.15, 0.2) is 42.5 Å². The first-order valence-corrected chi connectivity index (χ1v) is 7.72. The van der Waals surface area contributed by atoms with Gasteiger partial charge in [-0.1, -0.05) is 29.8 Å². The maximum absolute atomic E-state index is 12.0. The zero-order valence-corrected chi connectivity index (χ0v) is 14.3. The van der Waals surface area contributed by atoms with Gasteiger partial charge in [0.25, 0.3) is 5.91 Å². The highest BCUT2D eigenvalue weighted by atomic mass is 16.6. The fourth-order valence-corrected chi connectivity index (χ4v) is 2.27. The molecule has 1 unspecified atom stereocenters. The van der Waals surface area contributed by atoms with Crippen LogP contribution in [0.1, 0.15) is 24.1 Å². The summed E-state index contributed by atoms with van der Waals surface area (Å²) in [6.07, 6.45) is 0. The molecule has 1 amide bonds. The van der Waals surface area contributed by atoms with Crippen molar-refractivity contribution in [3.8, 4) is 11.5 Å². The lowest BCUT2D eigenvalue weighted by Gasteiger charge is -2.15. The van der Waals surface area contributed by atoms with Crippen LogP contribution < -0.4 is 14.8 Å². The summed E-state index contributed by atoms with van der Waals surface area (Å²) in [7, 11) is 1.34. The SMILES string of the molecule is COc1cc(OCC(=O)NC(C)c2ccc(C)cc2)ccc1[N+](=O)[O-]. The average molecular weight is 344 g/mol. The van der Waals surface area contributed by atoms with Crippen molar-refractivity contribution in [3.63, 3.8) is 0 Å². The summed E-state index contributed by atoms with van der Waals surface area (Å²) in [5, 5.41) is 13.7. The number of carbonyl (C=O) groups is 1. The maximum atomic E-state index is 12.0. The number of nitrogens with zero attached hydrogens (tertiary/aromatic N) is 1. The lowest BCUT2D eigenvalue weighted by Crippen LogP contribution is -2.31. The summed E-state index contributed by atoms with van der Waals surface area (Å²) >= 11 is 0. The van der Waals surface area contributed by atoms with Gasteiger partial charge in [-0.15, -0.1) is 0 Å². The van der Waals surface area contributed by atoms with E-state index in [4.69, 9.17) is 9.47 Å². The predicted octanol–water partition coefficient (Wildman–Crippen LogP) is 3.17. The van der Waals surface area contributed by atoms with Gasteiger partial charge in [-0.2, -0.15) is 0 Å². The number of aryl methyl sites for hydroxylation is 1. The van der Waals surface area contributed by atoms with E-state index in [9.17, 15) is 14.9 Å². The monoisotopic (exact) mass is 344 g/mol. The second-order valence-electron chi connectivity index (χ2n) is 5.58. The summed E-state index contributed by atoms with van der Waals surface area (Å²) < 4.78 is 10.4. The van der Waals surface area contributed by atoms with Gasteiger partial charge in [-0.25, -0.2) is 0 Å². The highest BCUT2D eigenvalue weighted by molar-refractivity contribution is 5.78. The minimum absolute atomic E-state index is 0.0796. The molecule has 0 heterocycles. The maximum Gasteiger partial charge on any atom is 0.311 e. The number of nitro groups is 1. The van der Waals surface area contributed by atoms with E-state index in [1.807, 2.05) is 38.1 Å². The molecule has 132 valence electrons. The highest BCUT2D eigenvalue weighted by Gasteiger charge is 2.16. The number of nitro benzene ring substituents is 1. The third-order valence-corrected chi connectivity index (χ3v) is 3.67. The molecule has 2 aromatic rings. The Morgan fingerprint density at radius 3 is 2.52 bits per heavy atom. The van der Waals surface area contributed by atoms with Crippen LogP contribution in [-0.4, -0.2) is 24.5 Å². The van der Waals surface area contributed by atoms with Crippen LogP contribution in [-0.2, 0) is 4.79 Å². The predicted molar refractivity (Wildman–Crippen MR) is 92.9 cm³/mol. The van der Waals surface area contributed by atoms with E-state index in [-0.39, 0.29) is 30.0 Å². The Hall–Kier alpha value is -3.09. The molecule has 7 nitrogen and oxygen atoms in total. The minimum atomic E-state index is -0.543. The van der Waals surface area contributed by atoms with Gasteiger partial charge in [0.2, 0.25) is 5.75 Å². The highest BCUT2D eigenvalue weighted by Crippen LogP contribution is 2.30. The number of ether oxygens (including phenoxy) is 2. The Labute approximate surface area is 145 Å². The second kappa shape index (κ2) is 8.14. The van der Waals surface area contributed by atoms with Gasteiger partial charge in [0.15, 0.2) is 6.61 Å². The van der Waals surface area contributed by atoms with E-state index in [1.165, 1.54) is 25.3 Å². The first-order valence-electron chi connectivity index (χ1n) is 7.72. The van der Waals surface area contributed by atoms with Crippen molar-refractivity contribution >= 4 is 11.6 Å². The molecule has 0 aromatic heterocycles. The van der Waals surface area contributed by atoms with Gasteiger partial charge < -0.3 is 14.8 Å². The van der Waals surface area contributed by atoms with Crippen LogP contribution in [0.4, 0.5) is 5.69 Å².